The summed E-state index contributed by atoms with van der Waals surface area (Å²) < 4.78 is 62.8. The molecule has 2 amide bonds. The van der Waals surface area contributed by atoms with Crippen LogP contribution < -0.4 is 10.6 Å². The van der Waals surface area contributed by atoms with Crippen LogP contribution in [0, 0.1) is 0 Å². The lowest BCUT2D eigenvalue weighted by Gasteiger charge is -2.50. The third kappa shape index (κ3) is 12.8. The second kappa shape index (κ2) is 25.3. The topological polar surface area (TPSA) is 504 Å². The van der Waals surface area contributed by atoms with E-state index in [0.717, 1.165) is 13.8 Å². The van der Waals surface area contributed by atoms with Gasteiger partial charge in [-0.15, -0.1) is 0 Å². The van der Waals surface area contributed by atoms with Crippen molar-refractivity contribution in [1.29, 1.82) is 0 Å². The first-order chi connectivity index (χ1) is 33.9. The summed E-state index contributed by atoms with van der Waals surface area (Å²) in [6.07, 6.45) is -51.4. The molecule has 72 heavy (non-hydrogen) atoms. The molecule has 32 heteroatoms. The predicted octanol–water partition coefficient (Wildman–Crippen LogP) is -12.8. The van der Waals surface area contributed by atoms with Crippen LogP contribution >= 0.6 is 0 Å². The fraction of sp³-hybridized carbons (Fsp3) is 0.950. The standard InChI is InChI=1S/C40H68N2O30/c1-9-19(48)25(54)28(57)37(64-9)63-8-16-33(23(52)17(35(61)65-16)41-10(2)46)70-36-18(42-11(3)47)24(53)32(14(6-45)68-36)71-40-31(60)34(72-39-30(59)27(56)21(50)13(5-44)67-39)22(51)15(69-40)7-62-38-29(58)26(55)20(49)12(4-43)66-38/h9,12-40,43-45,48-61H,4-8H2,1-3H3,(H,41,46)(H,42,47)/t9-,12+,13+,14+,15+,16+,17+,18+,19+,20+,21+,22+,23+,24+,25+,26-,27-,28-,29-,30-,31-,32+,33+,34-,35+,36-,37-,38+,39+,40-/m0/s1. The third-order valence-electron chi connectivity index (χ3n) is 13.2. The van der Waals surface area contributed by atoms with E-state index in [9.17, 15) is 96.4 Å². The molecular weight excluding hydrogens is 988 g/mol. The van der Waals surface area contributed by atoms with Gasteiger partial charge in [-0.1, -0.05) is 0 Å². The Morgan fingerprint density at radius 3 is 1.35 bits per heavy atom. The number of hydrogen-bond acceptors (Lipinski definition) is 30. The lowest BCUT2D eigenvalue weighted by atomic mass is 9.94. The van der Waals surface area contributed by atoms with Crippen LogP contribution in [0.3, 0.4) is 0 Å². The number of rotatable bonds is 17. The Balaban J connectivity index is 1.26. The first kappa shape index (κ1) is 59.1. The van der Waals surface area contributed by atoms with Crippen molar-refractivity contribution in [2.24, 2.45) is 0 Å². The number of aliphatic hydroxyl groups is 17. The van der Waals surface area contributed by atoms with Crippen molar-refractivity contribution in [3.8, 4) is 0 Å². The molecule has 0 saturated carbocycles. The van der Waals surface area contributed by atoms with Gasteiger partial charge in [0.15, 0.2) is 37.7 Å². The summed E-state index contributed by atoms with van der Waals surface area (Å²) in [6.45, 7) is -1.00. The Labute approximate surface area is 408 Å². The number of carbonyl (C=O) groups excluding carboxylic acids is 2. The molecule has 30 atom stereocenters. The van der Waals surface area contributed by atoms with E-state index in [1.165, 1.54) is 6.92 Å². The quantitative estimate of drug-likeness (QED) is 0.0643. The lowest BCUT2D eigenvalue weighted by molar-refractivity contribution is -0.384. The second-order valence-corrected chi connectivity index (χ2v) is 18.3. The molecule has 0 aromatic carbocycles. The van der Waals surface area contributed by atoms with Gasteiger partial charge in [-0.25, -0.2) is 0 Å². The zero-order valence-electron chi connectivity index (χ0n) is 38.8. The van der Waals surface area contributed by atoms with Gasteiger partial charge in [-0.05, 0) is 6.92 Å². The van der Waals surface area contributed by atoms with E-state index in [0.29, 0.717) is 0 Å². The van der Waals surface area contributed by atoms with Crippen molar-refractivity contribution in [2.45, 2.75) is 205 Å². The van der Waals surface area contributed by atoms with Gasteiger partial charge in [0.25, 0.3) is 0 Å². The van der Waals surface area contributed by atoms with Gasteiger partial charge in [0.1, 0.15) is 140 Å². The second-order valence-electron chi connectivity index (χ2n) is 18.3. The summed E-state index contributed by atoms with van der Waals surface area (Å²) in [5, 5.41) is 186. The Morgan fingerprint density at radius 1 is 0.389 bits per heavy atom. The van der Waals surface area contributed by atoms with E-state index in [1.54, 1.807) is 0 Å². The normalized spacial score (nSPS) is 50.3. The molecule has 0 spiro atoms. The number of nitrogens with one attached hydrogen (secondary N) is 2. The Kier molecular flexibility index (Phi) is 20.8. The molecule has 0 aromatic rings. The highest BCUT2D eigenvalue weighted by molar-refractivity contribution is 5.73. The SMILES string of the molecule is CC(=O)N[C@@H]1[C@@H](O)[C@H](O[C@@H]2O[C@H](CO)[C@@H](O[C@@H]3O[C@H](CO[C@@H]4O[C@H](CO)[C@@H](O)[C@H](O)[C@@H]4O)[C@@H](O)[C@H](O[C@H]4O[C@H](CO)[C@@H](O)[C@H](O)[C@@H]4O)[C@@H]3O)[C@H](O)[C@H]2NC(C)=O)[C@@H](CO[C@H]2O[C@@H](C)[C@@H](O)[C@@H](O)[C@@H]2O)O[C@H]1O. The number of amides is 2. The van der Waals surface area contributed by atoms with Crippen LogP contribution in [0.1, 0.15) is 20.8 Å². The van der Waals surface area contributed by atoms with Crippen LogP contribution in [0.4, 0.5) is 0 Å². The maximum absolute atomic E-state index is 12.7. The average molecular weight is 1060 g/mol. The molecular formula is C40H68N2O30. The largest absolute Gasteiger partial charge is 0.394 e. The summed E-state index contributed by atoms with van der Waals surface area (Å²) in [7, 11) is 0. The molecule has 0 bridgehead atoms. The van der Waals surface area contributed by atoms with Crippen molar-refractivity contribution in [3.05, 3.63) is 0 Å². The van der Waals surface area contributed by atoms with E-state index in [4.69, 9.17) is 52.1 Å². The van der Waals surface area contributed by atoms with E-state index in [-0.39, 0.29) is 0 Å². The molecule has 0 radical (unpaired) electrons. The Bertz CT molecular complexity index is 1730. The molecule has 6 aliphatic heterocycles. The number of carbonyl (C=O) groups is 2. The minimum absolute atomic E-state index is 0.728. The first-order valence-corrected chi connectivity index (χ1v) is 23.0. The summed E-state index contributed by atoms with van der Waals surface area (Å²) in [5.41, 5.74) is 0. The van der Waals surface area contributed by atoms with Crippen LogP contribution in [-0.2, 0) is 61.7 Å². The summed E-state index contributed by atoms with van der Waals surface area (Å²) in [4.78, 5) is 24.8. The van der Waals surface area contributed by atoms with Crippen LogP contribution in [0.5, 0.6) is 0 Å². The maximum atomic E-state index is 12.7. The molecule has 19 N–H and O–H groups in total. The van der Waals surface area contributed by atoms with Gasteiger partial charge in [-0.2, -0.15) is 0 Å². The number of hydrogen-bond donors (Lipinski definition) is 19. The monoisotopic (exact) mass is 1060 g/mol. The Morgan fingerprint density at radius 2 is 0.792 bits per heavy atom. The molecule has 0 unspecified atom stereocenters. The van der Waals surface area contributed by atoms with E-state index in [2.05, 4.69) is 10.6 Å². The molecule has 6 fully saturated rings. The van der Waals surface area contributed by atoms with E-state index < -0.39 is 229 Å². The molecule has 0 aliphatic carbocycles. The van der Waals surface area contributed by atoms with Crippen molar-refractivity contribution < 1.29 is 149 Å². The first-order valence-electron chi connectivity index (χ1n) is 23.0. The van der Waals surface area contributed by atoms with Gasteiger partial charge >= 0.3 is 0 Å². The van der Waals surface area contributed by atoms with Gasteiger partial charge in [0.2, 0.25) is 11.8 Å². The molecule has 6 saturated heterocycles. The smallest absolute Gasteiger partial charge is 0.217 e. The van der Waals surface area contributed by atoms with Crippen LogP contribution in [0.2, 0.25) is 0 Å². The highest BCUT2D eigenvalue weighted by Gasteiger charge is 2.57. The summed E-state index contributed by atoms with van der Waals surface area (Å²) in [5.74, 6) is -1.60. The molecule has 6 heterocycles. The molecule has 418 valence electrons. The zero-order valence-corrected chi connectivity index (χ0v) is 38.8. The van der Waals surface area contributed by atoms with E-state index >= 15 is 0 Å². The summed E-state index contributed by atoms with van der Waals surface area (Å²) in [6, 6.07) is -3.40. The molecule has 32 nitrogen and oxygen atoms in total. The fourth-order valence-electron chi connectivity index (χ4n) is 9.06. The Hall–Kier alpha value is -2.18. The van der Waals surface area contributed by atoms with Crippen LogP contribution in [-0.4, -0.2) is 316 Å². The predicted molar refractivity (Wildman–Crippen MR) is 221 cm³/mol. The van der Waals surface area contributed by atoms with Crippen LogP contribution in [0.25, 0.3) is 0 Å². The van der Waals surface area contributed by atoms with E-state index in [1.807, 2.05) is 0 Å². The molecule has 6 aliphatic rings. The van der Waals surface area contributed by atoms with Crippen LogP contribution in [0.15, 0.2) is 0 Å². The van der Waals surface area contributed by atoms with Gasteiger partial charge in [0.05, 0.1) is 39.1 Å². The number of ether oxygens (including phenoxy) is 11. The fourth-order valence-corrected chi connectivity index (χ4v) is 9.06. The highest BCUT2D eigenvalue weighted by atomic mass is 16.8. The third-order valence-corrected chi connectivity index (χ3v) is 13.2. The maximum Gasteiger partial charge on any atom is 0.217 e. The number of aliphatic hydroxyl groups excluding tert-OH is 17. The summed E-state index contributed by atoms with van der Waals surface area (Å²) >= 11 is 0. The molecule has 6 rings (SSSR count). The highest BCUT2D eigenvalue weighted by Crippen LogP contribution is 2.36. The van der Waals surface area contributed by atoms with Gasteiger partial charge in [0, 0.05) is 13.8 Å². The van der Waals surface area contributed by atoms with Crippen molar-refractivity contribution >= 4 is 11.8 Å². The minimum atomic E-state index is -2.23. The van der Waals surface area contributed by atoms with Crippen molar-refractivity contribution in [1.82, 2.24) is 10.6 Å². The van der Waals surface area contributed by atoms with Crippen molar-refractivity contribution in [2.75, 3.05) is 33.0 Å². The van der Waals surface area contributed by atoms with Gasteiger partial charge < -0.3 is 150 Å². The minimum Gasteiger partial charge on any atom is -0.394 e. The molecule has 0 aromatic heterocycles. The average Bonchev–Trinajstić information content (AvgIpc) is 3.34. The van der Waals surface area contributed by atoms with Crippen molar-refractivity contribution in [3.63, 3.8) is 0 Å². The lowest BCUT2D eigenvalue weighted by Crippen LogP contribution is -2.70. The van der Waals surface area contributed by atoms with Gasteiger partial charge in [-0.3, -0.25) is 9.59 Å². The zero-order chi connectivity index (χ0) is 53.2.